The van der Waals surface area contributed by atoms with E-state index in [-0.39, 0.29) is 24.3 Å². The first-order valence-corrected chi connectivity index (χ1v) is 7.38. The van der Waals surface area contributed by atoms with Crippen molar-refractivity contribution in [2.24, 2.45) is 0 Å². The van der Waals surface area contributed by atoms with Crippen molar-refractivity contribution in [2.45, 2.75) is 45.3 Å². The van der Waals surface area contributed by atoms with Crippen molar-refractivity contribution in [3.8, 4) is 5.75 Å². The van der Waals surface area contributed by atoms with Crippen LogP contribution in [0.3, 0.4) is 0 Å². The van der Waals surface area contributed by atoms with E-state index in [4.69, 9.17) is 4.74 Å². The number of hydrogen-bond acceptors (Lipinski definition) is 3. The second-order valence-corrected chi connectivity index (χ2v) is 5.77. The Morgan fingerprint density at radius 1 is 1.48 bits per heavy atom. The van der Waals surface area contributed by atoms with Crippen LogP contribution in [-0.2, 0) is 11.3 Å². The Labute approximate surface area is 125 Å². The SMILES string of the molecule is CC(C)N(C)C(=O)COc1c(F)cccc1CNC1CC1. The Balaban J connectivity index is 1.98. The molecule has 0 aliphatic heterocycles. The molecule has 0 radical (unpaired) electrons. The lowest BCUT2D eigenvalue weighted by atomic mass is 10.2. The van der Waals surface area contributed by atoms with Crippen molar-refractivity contribution in [2.75, 3.05) is 13.7 Å². The predicted molar refractivity (Wildman–Crippen MR) is 79.7 cm³/mol. The zero-order valence-corrected chi connectivity index (χ0v) is 12.9. The summed E-state index contributed by atoms with van der Waals surface area (Å²) in [5.74, 6) is -0.407. The van der Waals surface area contributed by atoms with E-state index < -0.39 is 5.82 Å². The first kappa shape index (κ1) is 15.8. The molecule has 2 rings (SSSR count). The molecular weight excluding hydrogens is 271 g/mol. The first-order valence-electron chi connectivity index (χ1n) is 7.38. The Morgan fingerprint density at radius 3 is 2.81 bits per heavy atom. The Morgan fingerprint density at radius 2 is 2.19 bits per heavy atom. The molecule has 1 fully saturated rings. The largest absolute Gasteiger partial charge is 0.480 e. The van der Waals surface area contributed by atoms with Gasteiger partial charge in [-0.2, -0.15) is 0 Å². The van der Waals surface area contributed by atoms with Gasteiger partial charge in [0.25, 0.3) is 5.91 Å². The van der Waals surface area contributed by atoms with Crippen LogP contribution in [0.2, 0.25) is 0 Å². The molecule has 0 heterocycles. The van der Waals surface area contributed by atoms with Crippen LogP contribution >= 0.6 is 0 Å². The highest BCUT2D eigenvalue weighted by Crippen LogP contribution is 2.25. The second kappa shape index (κ2) is 6.89. The van der Waals surface area contributed by atoms with E-state index in [0.717, 1.165) is 5.56 Å². The lowest BCUT2D eigenvalue weighted by Crippen LogP contribution is -2.36. The van der Waals surface area contributed by atoms with Gasteiger partial charge in [0, 0.05) is 31.2 Å². The zero-order chi connectivity index (χ0) is 15.4. The van der Waals surface area contributed by atoms with Gasteiger partial charge in [-0.05, 0) is 32.8 Å². The summed E-state index contributed by atoms with van der Waals surface area (Å²) in [5, 5.41) is 3.33. The Hall–Kier alpha value is -1.62. The molecule has 1 aromatic rings. The van der Waals surface area contributed by atoms with Crippen molar-refractivity contribution >= 4 is 5.91 Å². The number of nitrogens with one attached hydrogen (secondary N) is 1. The summed E-state index contributed by atoms with van der Waals surface area (Å²) in [6, 6.07) is 5.47. The average Bonchev–Trinajstić information content (AvgIpc) is 3.26. The lowest BCUT2D eigenvalue weighted by molar-refractivity contribution is -0.133. The summed E-state index contributed by atoms with van der Waals surface area (Å²) in [7, 11) is 1.72. The topological polar surface area (TPSA) is 41.6 Å². The molecule has 1 aliphatic rings. The number of nitrogens with zero attached hydrogens (tertiary/aromatic N) is 1. The van der Waals surface area contributed by atoms with Gasteiger partial charge in [0.1, 0.15) is 0 Å². The van der Waals surface area contributed by atoms with Gasteiger partial charge < -0.3 is 15.0 Å². The second-order valence-electron chi connectivity index (χ2n) is 5.77. The van der Waals surface area contributed by atoms with Crippen LogP contribution in [0.25, 0.3) is 0 Å². The van der Waals surface area contributed by atoms with Crippen molar-refractivity contribution in [3.63, 3.8) is 0 Å². The van der Waals surface area contributed by atoms with Crippen LogP contribution in [0.15, 0.2) is 18.2 Å². The van der Waals surface area contributed by atoms with Crippen LogP contribution < -0.4 is 10.1 Å². The highest BCUT2D eigenvalue weighted by Gasteiger charge is 2.21. The highest BCUT2D eigenvalue weighted by atomic mass is 19.1. The van der Waals surface area contributed by atoms with Crippen LogP contribution in [0.4, 0.5) is 4.39 Å². The first-order chi connectivity index (χ1) is 9.99. The summed E-state index contributed by atoms with van der Waals surface area (Å²) >= 11 is 0. The van der Waals surface area contributed by atoms with Crippen LogP contribution in [-0.4, -0.2) is 36.5 Å². The van der Waals surface area contributed by atoms with Crippen LogP contribution in [0.1, 0.15) is 32.3 Å². The molecule has 0 aromatic heterocycles. The third-order valence-corrected chi connectivity index (χ3v) is 3.72. The molecule has 1 aliphatic carbocycles. The number of carbonyl (C=O) groups excluding carboxylic acids is 1. The quantitative estimate of drug-likeness (QED) is 0.839. The summed E-state index contributed by atoms with van der Waals surface area (Å²) in [4.78, 5) is 13.5. The number of para-hydroxylation sites is 1. The molecule has 1 N–H and O–H groups in total. The number of likely N-dealkylation sites (N-methyl/N-ethyl adjacent to an activating group) is 1. The molecule has 0 saturated heterocycles. The number of hydrogen-bond donors (Lipinski definition) is 1. The van der Waals surface area contributed by atoms with Gasteiger partial charge >= 0.3 is 0 Å². The summed E-state index contributed by atoms with van der Waals surface area (Å²) in [6.45, 7) is 4.26. The molecule has 1 aromatic carbocycles. The van der Waals surface area contributed by atoms with Crippen LogP contribution in [0, 0.1) is 5.82 Å². The molecule has 5 heteroatoms. The molecule has 0 bridgehead atoms. The minimum atomic E-state index is -0.426. The van der Waals surface area contributed by atoms with Crippen molar-refractivity contribution in [1.29, 1.82) is 0 Å². The van der Waals surface area contributed by atoms with Gasteiger partial charge in [0.05, 0.1) is 0 Å². The molecule has 21 heavy (non-hydrogen) atoms. The maximum Gasteiger partial charge on any atom is 0.260 e. The average molecular weight is 294 g/mol. The van der Waals surface area contributed by atoms with E-state index in [1.807, 2.05) is 19.9 Å². The number of benzene rings is 1. The van der Waals surface area contributed by atoms with Gasteiger partial charge in [-0.25, -0.2) is 4.39 Å². The standard InChI is InChI=1S/C16H23FN2O2/c1-11(2)19(3)15(20)10-21-16-12(5-4-6-14(16)17)9-18-13-7-8-13/h4-6,11,13,18H,7-10H2,1-3H3. The number of halogens is 1. The molecule has 0 atom stereocenters. The summed E-state index contributed by atoms with van der Waals surface area (Å²) in [6.07, 6.45) is 2.34. The van der Waals surface area contributed by atoms with Crippen molar-refractivity contribution < 1.29 is 13.9 Å². The molecule has 0 spiro atoms. The molecular formula is C16H23FN2O2. The minimum Gasteiger partial charge on any atom is -0.480 e. The van der Waals surface area contributed by atoms with Crippen molar-refractivity contribution in [3.05, 3.63) is 29.6 Å². The zero-order valence-electron chi connectivity index (χ0n) is 12.9. The van der Waals surface area contributed by atoms with Gasteiger partial charge in [0.2, 0.25) is 0 Å². The van der Waals surface area contributed by atoms with Crippen molar-refractivity contribution in [1.82, 2.24) is 10.2 Å². The molecule has 0 unspecified atom stereocenters. The number of rotatable bonds is 7. The Bertz CT molecular complexity index is 501. The van der Waals surface area contributed by atoms with Crippen LogP contribution in [0.5, 0.6) is 5.75 Å². The molecule has 4 nitrogen and oxygen atoms in total. The van der Waals surface area contributed by atoms with E-state index in [0.29, 0.717) is 12.6 Å². The number of carbonyl (C=O) groups is 1. The van der Waals surface area contributed by atoms with Gasteiger partial charge in [-0.3, -0.25) is 4.79 Å². The molecule has 1 amide bonds. The normalized spacial score (nSPS) is 14.3. The third kappa shape index (κ3) is 4.43. The molecule has 116 valence electrons. The van der Waals surface area contributed by atoms with Gasteiger partial charge in [0.15, 0.2) is 18.2 Å². The van der Waals surface area contributed by atoms with E-state index >= 15 is 0 Å². The van der Waals surface area contributed by atoms with E-state index in [9.17, 15) is 9.18 Å². The minimum absolute atomic E-state index is 0.0951. The fourth-order valence-corrected chi connectivity index (χ4v) is 1.92. The molecule has 1 saturated carbocycles. The summed E-state index contributed by atoms with van der Waals surface area (Å²) < 4.78 is 19.4. The monoisotopic (exact) mass is 294 g/mol. The van der Waals surface area contributed by atoms with E-state index in [2.05, 4.69) is 5.32 Å². The number of ether oxygens (including phenoxy) is 1. The predicted octanol–water partition coefficient (Wildman–Crippen LogP) is 2.32. The third-order valence-electron chi connectivity index (χ3n) is 3.72. The fraction of sp³-hybridized carbons (Fsp3) is 0.562. The smallest absolute Gasteiger partial charge is 0.260 e. The summed E-state index contributed by atoms with van der Waals surface area (Å²) in [5.41, 5.74) is 0.752. The van der Waals surface area contributed by atoms with Gasteiger partial charge in [-0.1, -0.05) is 12.1 Å². The Kier molecular flexibility index (Phi) is 5.17. The maximum absolute atomic E-state index is 13.9. The van der Waals surface area contributed by atoms with E-state index in [1.165, 1.54) is 18.9 Å². The van der Waals surface area contributed by atoms with E-state index in [1.54, 1.807) is 18.0 Å². The van der Waals surface area contributed by atoms with Gasteiger partial charge in [-0.15, -0.1) is 0 Å². The lowest BCUT2D eigenvalue weighted by Gasteiger charge is -2.22. The highest BCUT2D eigenvalue weighted by molar-refractivity contribution is 5.77. The fourth-order valence-electron chi connectivity index (χ4n) is 1.92. The number of amides is 1. The maximum atomic E-state index is 13.9.